The molecule has 0 unspecified atom stereocenters. The topological polar surface area (TPSA) is 95.9 Å². The quantitative estimate of drug-likeness (QED) is 0.295. The van der Waals surface area contributed by atoms with Crippen LogP contribution in [0.25, 0.3) is 0 Å². The largest absolute Gasteiger partial charge is 0.466 e. The number of allylic oxidation sites excluding steroid dienone is 1. The highest BCUT2D eigenvalue weighted by Gasteiger charge is 2.59. The van der Waals surface area contributed by atoms with Gasteiger partial charge in [0.25, 0.3) is 0 Å². The van der Waals surface area contributed by atoms with Gasteiger partial charge in [-0.05, 0) is 31.6 Å². The minimum atomic E-state index is -0.732. The number of unbranched alkanes of at least 4 members (excludes halogenated alkanes) is 2. The number of hydrogen-bond acceptors (Lipinski definition) is 5. The molecule has 7 heteroatoms. The summed E-state index contributed by atoms with van der Waals surface area (Å²) >= 11 is 0. The number of carbonyl (C=O) groups excluding carboxylic acids is 3. The third kappa shape index (κ3) is 5.30. The van der Waals surface area contributed by atoms with Crippen molar-refractivity contribution in [2.24, 2.45) is 29.6 Å². The molecular weight excluding hydrogens is 396 g/mol. The number of rotatable bonds is 11. The Balaban J connectivity index is 2.44. The first-order valence-corrected chi connectivity index (χ1v) is 11.9. The summed E-state index contributed by atoms with van der Waals surface area (Å²) < 4.78 is 5.33. The molecule has 0 aromatic heterocycles. The summed E-state index contributed by atoms with van der Waals surface area (Å²) in [6.45, 7) is 10.3. The summed E-state index contributed by atoms with van der Waals surface area (Å²) in [6, 6.07) is -1.22. The number of aliphatic hydroxyl groups is 1. The van der Waals surface area contributed by atoms with Gasteiger partial charge in [-0.25, -0.2) is 0 Å². The van der Waals surface area contributed by atoms with Gasteiger partial charge in [-0.3, -0.25) is 14.4 Å². The lowest BCUT2D eigenvalue weighted by Crippen LogP contribution is -2.54. The highest BCUT2D eigenvalue weighted by molar-refractivity contribution is 5.96. The van der Waals surface area contributed by atoms with E-state index in [1.165, 1.54) is 0 Å². The van der Waals surface area contributed by atoms with Crippen molar-refractivity contribution >= 4 is 17.8 Å². The van der Waals surface area contributed by atoms with E-state index < -0.39 is 29.8 Å². The molecule has 0 aromatic carbocycles. The maximum absolute atomic E-state index is 13.7. The van der Waals surface area contributed by atoms with Crippen LogP contribution in [0.5, 0.6) is 0 Å². The minimum Gasteiger partial charge on any atom is -0.466 e. The monoisotopic (exact) mass is 436 g/mol. The Morgan fingerprint density at radius 1 is 1.19 bits per heavy atom. The number of hydrogen-bond donors (Lipinski definition) is 2. The van der Waals surface area contributed by atoms with E-state index in [-0.39, 0.29) is 42.8 Å². The Kier molecular flexibility index (Phi) is 9.54. The van der Waals surface area contributed by atoms with Crippen LogP contribution in [0.2, 0.25) is 0 Å². The zero-order valence-corrected chi connectivity index (χ0v) is 19.7. The van der Waals surface area contributed by atoms with E-state index in [4.69, 9.17) is 4.74 Å². The average molecular weight is 437 g/mol. The van der Waals surface area contributed by atoms with Crippen molar-refractivity contribution in [1.82, 2.24) is 10.2 Å². The molecule has 6 atom stereocenters. The molecule has 176 valence electrons. The van der Waals surface area contributed by atoms with E-state index in [0.717, 1.165) is 19.3 Å². The van der Waals surface area contributed by atoms with Crippen LogP contribution in [-0.2, 0) is 19.1 Å². The van der Waals surface area contributed by atoms with Crippen LogP contribution in [0.3, 0.4) is 0 Å². The molecule has 0 aromatic rings. The fourth-order valence-corrected chi connectivity index (χ4v) is 5.06. The fourth-order valence-electron chi connectivity index (χ4n) is 5.06. The van der Waals surface area contributed by atoms with Crippen molar-refractivity contribution in [3.63, 3.8) is 0 Å². The Bertz CT molecular complexity index is 662. The van der Waals surface area contributed by atoms with Gasteiger partial charge in [0.05, 0.1) is 31.1 Å². The molecule has 1 heterocycles. The van der Waals surface area contributed by atoms with Crippen LogP contribution in [0.1, 0.15) is 60.3 Å². The maximum atomic E-state index is 13.7. The van der Waals surface area contributed by atoms with Crippen LogP contribution in [0.15, 0.2) is 12.2 Å². The normalized spacial score (nSPS) is 28.5. The number of nitrogens with one attached hydrogen (secondary N) is 1. The Morgan fingerprint density at radius 2 is 1.90 bits per heavy atom. The van der Waals surface area contributed by atoms with Crippen molar-refractivity contribution in [2.45, 2.75) is 72.4 Å². The number of ether oxygens (including phenoxy) is 1. The molecule has 7 nitrogen and oxygen atoms in total. The lowest BCUT2D eigenvalue weighted by atomic mass is 9.69. The molecule has 1 aliphatic carbocycles. The van der Waals surface area contributed by atoms with Gasteiger partial charge in [0, 0.05) is 12.5 Å². The Hall–Kier alpha value is -1.89. The number of carbonyl (C=O) groups is 3. The van der Waals surface area contributed by atoms with Crippen molar-refractivity contribution < 1.29 is 24.2 Å². The van der Waals surface area contributed by atoms with Crippen LogP contribution in [-0.4, -0.2) is 59.6 Å². The molecule has 1 aliphatic heterocycles. The maximum Gasteiger partial charge on any atom is 0.310 e. The first kappa shape index (κ1) is 25.4. The SMILES string of the molecule is CCCCCNC(=O)[C@@H]1[C@H]2C=C[C@@H](CC)[C@@H](C(=O)OCC)[C@H]2C(=O)N1[C@@H](CO)C(C)C. The molecule has 0 saturated carbocycles. The van der Waals surface area contributed by atoms with Crippen LogP contribution in [0.4, 0.5) is 0 Å². The van der Waals surface area contributed by atoms with Crippen molar-refractivity contribution in [2.75, 3.05) is 19.8 Å². The summed E-state index contributed by atoms with van der Waals surface area (Å²) in [6.07, 6.45) is 7.57. The van der Waals surface area contributed by atoms with Gasteiger partial charge in [0.1, 0.15) is 6.04 Å². The third-order valence-corrected chi connectivity index (χ3v) is 6.74. The van der Waals surface area contributed by atoms with E-state index in [0.29, 0.717) is 13.0 Å². The van der Waals surface area contributed by atoms with E-state index >= 15 is 0 Å². The van der Waals surface area contributed by atoms with E-state index in [9.17, 15) is 19.5 Å². The average Bonchev–Trinajstić information content (AvgIpc) is 3.03. The van der Waals surface area contributed by atoms with Crippen LogP contribution >= 0.6 is 0 Å². The summed E-state index contributed by atoms with van der Waals surface area (Å²) in [5.74, 6) is -2.63. The van der Waals surface area contributed by atoms with Gasteiger partial charge in [0.2, 0.25) is 11.8 Å². The summed E-state index contributed by atoms with van der Waals surface area (Å²) in [7, 11) is 0. The fraction of sp³-hybridized carbons (Fsp3) is 0.792. The number of esters is 1. The molecule has 1 fully saturated rings. The molecule has 2 aliphatic rings. The van der Waals surface area contributed by atoms with Crippen molar-refractivity contribution in [1.29, 1.82) is 0 Å². The second-order valence-electron chi connectivity index (χ2n) is 9.02. The van der Waals surface area contributed by atoms with E-state index in [1.54, 1.807) is 11.8 Å². The van der Waals surface area contributed by atoms with Crippen LogP contribution in [0, 0.1) is 29.6 Å². The molecule has 2 amide bonds. The molecular formula is C24H40N2O5. The molecule has 2 N–H and O–H groups in total. The van der Waals surface area contributed by atoms with E-state index in [1.807, 2.05) is 32.9 Å². The predicted molar refractivity (Wildman–Crippen MR) is 119 cm³/mol. The summed E-state index contributed by atoms with van der Waals surface area (Å²) in [4.78, 5) is 41.4. The molecule has 0 spiro atoms. The van der Waals surface area contributed by atoms with Gasteiger partial charge in [0.15, 0.2) is 0 Å². The summed E-state index contributed by atoms with van der Waals surface area (Å²) in [5.41, 5.74) is 0. The van der Waals surface area contributed by atoms with Crippen molar-refractivity contribution in [3.05, 3.63) is 12.2 Å². The van der Waals surface area contributed by atoms with Crippen molar-refractivity contribution in [3.8, 4) is 0 Å². The number of likely N-dealkylation sites (tertiary alicyclic amines) is 1. The Labute approximate surface area is 186 Å². The van der Waals surface area contributed by atoms with Gasteiger partial charge in [-0.15, -0.1) is 0 Å². The second kappa shape index (κ2) is 11.7. The Morgan fingerprint density at radius 3 is 2.45 bits per heavy atom. The summed E-state index contributed by atoms with van der Waals surface area (Å²) in [5, 5.41) is 13.1. The van der Waals surface area contributed by atoms with Gasteiger partial charge in [-0.2, -0.15) is 0 Å². The van der Waals surface area contributed by atoms with Crippen LogP contribution < -0.4 is 5.32 Å². The second-order valence-corrected chi connectivity index (χ2v) is 9.02. The van der Waals surface area contributed by atoms with Gasteiger partial charge in [-0.1, -0.05) is 52.7 Å². The molecule has 2 rings (SSSR count). The predicted octanol–water partition coefficient (Wildman–Crippen LogP) is 2.53. The number of fused-ring (bicyclic) bond motifs is 1. The highest BCUT2D eigenvalue weighted by Crippen LogP contribution is 2.46. The molecule has 0 bridgehead atoms. The zero-order chi connectivity index (χ0) is 23.1. The van der Waals surface area contributed by atoms with Gasteiger partial charge < -0.3 is 20.1 Å². The number of amides is 2. The highest BCUT2D eigenvalue weighted by atomic mass is 16.5. The zero-order valence-electron chi connectivity index (χ0n) is 19.7. The smallest absolute Gasteiger partial charge is 0.310 e. The number of aliphatic hydroxyl groups excluding tert-OH is 1. The first-order chi connectivity index (χ1) is 14.8. The third-order valence-electron chi connectivity index (χ3n) is 6.74. The minimum absolute atomic E-state index is 0.0310. The standard InChI is InChI=1S/C24H40N2O5/c1-6-9-10-13-25-22(28)21-17-12-11-16(7-2)19(24(30)31-8-3)20(17)23(29)26(21)18(14-27)15(4)5/h11-12,15-21,27H,6-10,13-14H2,1-5H3,(H,25,28)/t16-,17+,18+,19-,20+,21+/m1/s1. The number of nitrogens with zero attached hydrogens (tertiary/aromatic N) is 1. The van der Waals surface area contributed by atoms with E-state index in [2.05, 4.69) is 12.2 Å². The molecule has 1 saturated heterocycles. The molecule has 31 heavy (non-hydrogen) atoms. The lowest BCUT2D eigenvalue weighted by molar-refractivity contribution is -0.156. The van der Waals surface area contributed by atoms with Gasteiger partial charge >= 0.3 is 5.97 Å². The lowest BCUT2D eigenvalue weighted by Gasteiger charge is -2.35. The molecule has 0 radical (unpaired) electrons. The first-order valence-electron chi connectivity index (χ1n) is 11.9.